The van der Waals surface area contributed by atoms with E-state index < -0.39 is 48.7 Å². The Bertz CT molecular complexity index is 833. The first-order chi connectivity index (χ1) is 12.8. The largest absolute Gasteiger partial charge is 0.481 e. The molecule has 0 spiro atoms. The molecule has 2 rings (SSSR count). The summed E-state index contributed by atoms with van der Waals surface area (Å²) in [6.45, 7) is 0.215. The number of hydrogen-bond donors (Lipinski definition) is 4. The van der Waals surface area contributed by atoms with Crippen molar-refractivity contribution < 1.29 is 28.7 Å². The molecule has 2 amide bonds. The highest BCUT2D eigenvalue weighted by molar-refractivity contribution is 5.98. The average Bonchev–Trinajstić information content (AvgIpc) is 3.08. The first kappa shape index (κ1) is 20.0. The number of amides is 2. The lowest BCUT2D eigenvalue weighted by molar-refractivity contribution is -0.140. The standard InChI is InChI=1S/C17H19FN4O5/c1-2-9(16(26)22-12(7-14(24)25)13(23)8-18)21-17(27)15-19-10-5-3-4-6-11(10)20-15/h3-6,9,12H,2,7-8H2,1H3,(H,19,20)(H,21,27)(H,22,26)(H,24,25). The Labute approximate surface area is 153 Å². The second kappa shape index (κ2) is 8.88. The van der Waals surface area contributed by atoms with Crippen LogP contribution >= 0.6 is 0 Å². The summed E-state index contributed by atoms with van der Waals surface area (Å²) in [6.07, 6.45) is -0.580. The van der Waals surface area contributed by atoms with Gasteiger partial charge in [0.1, 0.15) is 18.8 Å². The van der Waals surface area contributed by atoms with Crippen LogP contribution in [0.15, 0.2) is 24.3 Å². The first-order valence-electron chi connectivity index (χ1n) is 8.22. The van der Waals surface area contributed by atoms with Gasteiger partial charge in [0.2, 0.25) is 5.91 Å². The van der Waals surface area contributed by atoms with Gasteiger partial charge in [-0.2, -0.15) is 0 Å². The van der Waals surface area contributed by atoms with Crippen molar-refractivity contribution in [1.82, 2.24) is 20.6 Å². The normalized spacial score (nSPS) is 13.0. The van der Waals surface area contributed by atoms with E-state index in [-0.39, 0.29) is 12.2 Å². The molecule has 0 bridgehead atoms. The summed E-state index contributed by atoms with van der Waals surface area (Å²) in [6, 6.07) is 4.44. The predicted molar refractivity (Wildman–Crippen MR) is 92.8 cm³/mol. The Balaban J connectivity index is 2.07. The van der Waals surface area contributed by atoms with Crippen LogP contribution in [0, 0.1) is 0 Å². The molecule has 1 aromatic heterocycles. The number of para-hydroxylation sites is 2. The molecule has 2 unspecified atom stereocenters. The quantitative estimate of drug-likeness (QED) is 0.503. The number of nitrogens with one attached hydrogen (secondary N) is 3. The number of imidazole rings is 1. The van der Waals surface area contributed by atoms with Crippen molar-refractivity contribution in [2.75, 3.05) is 6.67 Å². The third kappa shape index (κ3) is 5.09. The van der Waals surface area contributed by atoms with Crippen LogP contribution in [0.1, 0.15) is 30.4 Å². The maximum atomic E-state index is 12.6. The van der Waals surface area contributed by atoms with Crippen LogP contribution in [-0.4, -0.2) is 57.4 Å². The highest BCUT2D eigenvalue weighted by Crippen LogP contribution is 2.10. The van der Waals surface area contributed by atoms with Gasteiger partial charge in [-0.05, 0) is 18.6 Å². The fourth-order valence-corrected chi connectivity index (χ4v) is 2.43. The van der Waals surface area contributed by atoms with Crippen LogP contribution in [0.5, 0.6) is 0 Å². The van der Waals surface area contributed by atoms with E-state index in [1.54, 1.807) is 31.2 Å². The van der Waals surface area contributed by atoms with E-state index in [1.807, 2.05) is 0 Å². The van der Waals surface area contributed by atoms with Gasteiger partial charge in [-0.15, -0.1) is 0 Å². The number of H-pyrrole nitrogens is 1. The number of hydrogen-bond acceptors (Lipinski definition) is 5. The number of carbonyl (C=O) groups excluding carboxylic acids is 3. The van der Waals surface area contributed by atoms with Crippen molar-refractivity contribution in [1.29, 1.82) is 0 Å². The van der Waals surface area contributed by atoms with Gasteiger partial charge in [0.25, 0.3) is 5.91 Å². The molecule has 0 aliphatic rings. The lowest BCUT2D eigenvalue weighted by atomic mass is 10.1. The molecule has 0 saturated heterocycles. The third-order valence-corrected chi connectivity index (χ3v) is 3.85. The van der Waals surface area contributed by atoms with Gasteiger partial charge in [-0.25, -0.2) is 9.37 Å². The minimum atomic E-state index is -1.50. The fraction of sp³-hybridized carbons (Fsp3) is 0.353. The molecule has 2 aromatic rings. The molecule has 27 heavy (non-hydrogen) atoms. The molecule has 0 radical (unpaired) electrons. The van der Waals surface area contributed by atoms with Crippen molar-refractivity contribution in [2.24, 2.45) is 0 Å². The van der Waals surface area contributed by atoms with Crippen molar-refractivity contribution in [3.63, 3.8) is 0 Å². The van der Waals surface area contributed by atoms with Crippen LogP contribution in [0.2, 0.25) is 0 Å². The Kier molecular flexibility index (Phi) is 6.58. The first-order valence-corrected chi connectivity index (χ1v) is 8.22. The maximum absolute atomic E-state index is 12.6. The van der Waals surface area contributed by atoms with Gasteiger partial charge in [0.15, 0.2) is 11.6 Å². The Hall–Kier alpha value is -3.30. The van der Waals surface area contributed by atoms with Gasteiger partial charge in [-0.1, -0.05) is 19.1 Å². The Morgan fingerprint density at radius 3 is 2.48 bits per heavy atom. The Morgan fingerprint density at radius 1 is 1.19 bits per heavy atom. The fourth-order valence-electron chi connectivity index (χ4n) is 2.43. The minimum Gasteiger partial charge on any atom is -0.481 e. The Morgan fingerprint density at radius 2 is 1.89 bits per heavy atom. The molecule has 4 N–H and O–H groups in total. The van der Waals surface area contributed by atoms with E-state index in [1.165, 1.54) is 0 Å². The van der Waals surface area contributed by atoms with E-state index in [9.17, 15) is 23.6 Å². The van der Waals surface area contributed by atoms with Crippen molar-refractivity contribution in [3.8, 4) is 0 Å². The monoisotopic (exact) mass is 378 g/mol. The van der Waals surface area contributed by atoms with Crippen molar-refractivity contribution >= 4 is 34.6 Å². The zero-order valence-electron chi connectivity index (χ0n) is 14.5. The molecule has 10 heteroatoms. The number of aliphatic carboxylic acids is 1. The van der Waals surface area contributed by atoms with Crippen LogP contribution in [0.4, 0.5) is 4.39 Å². The summed E-state index contributed by atoms with van der Waals surface area (Å²) in [7, 11) is 0. The maximum Gasteiger partial charge on any atom is 0.305 e. The second-order valence-electron chi connectivity index (χ2n) is 5.80. The number of nitrogens with zero attached hydrogens (tertiary/aromatic N) is 1. The van der Waals surface area contributed by atoms with E-state index in [0.717, 1.165) is 0 Å². The number of rotatable bonds is 9. The minimum absolute atomic E-state index is 0.00405. The number of aromatic nitrogens is 2. The summed E-state index contributed by atoms with van der Waals surface area (Å²) in [4.78, 5) is 53.9. The topological polar surface area (TPSA) is 141 Å². The zero-order valence-corrected chi connectivity index (χ0v) is 14.5. The van der Waals surface area contributed by atoms with Gasteiger partial charge in [0, 0.05) is 0 Å². The number of fused-ring (bicyclic) bond motifs is 1. The van der Waals surface area contributed by atoms with Crippen LogP contribution in [0.3, 0.4) is 0 Å². The van der Waals surface area contributed by atoms with E-state index in [2.05, 4.69) is 20.6 Å². The van der Waals surface area contributed by atoms with Crippen molar-refractivity contribution in [3.05, 3.63) is 30.1 Å². The number of benzene rings is 1. The molecule has 0 aliphatic carbocycles. The van der Waals surface area contributed by atoms with Crippen LogP contribution < -0.4 is 10.6 Å². The molecule has 9 nitrogen and oxygen atoms in total. The molecule has 2 atom stereocenters. The molecule has 0 aliphatic heterocycles. The van der Waals surface area contributed by atoms with Gasteiger partial charge in [-0.3, -0.25) is 19.2 Å². The average molecular weight is 378 g/mol. The van der Waals surface area contributed by atoms with Gasteiger partial charge in [0.05, 0.1) is 17.5 Å². The highest BCUT2D eigenvalue weighted by Gasteiger charge is 2.28. The van der Waals surface area contributed by atoms with Crippen LogP contribution in [-0.2, 0) is 14.4 Å². The lowest BCUT2D eigenvalue weighted by Crippen LogP contribution is -2.52. The second-order valence-corrected chi connectivity index (χ2v) is 5.80. The molecule has 1 heterocycles. The van der Waals surface area contributed by atoms with E-state index >= 15 is 0 Å². The number of carboxylic acid groups (broad SMARTS) is 1. The molecule has 1 aromatic carbocycles. The molecular formula is C17H19FN4O5. The predicted octanol–water partition coefficient (Wildman–Crippen LogP) is 0.569. The highest BCUT2D eigenvalue weighted by atomic mass is 19.1. The molecule has 0 saturated carbocycles. The lowest BCUT2D eigenvalue weighted by Gasteiger charge is -2.20. The van der Waals surface area contributed by atoms with E-state index in [4.69, 9.17) is 5.11 Å². The number of carbonyl (C=O) groups is 4. The zero-order chi connectivity index (χ0) is 20.0. The van der Waals surface area contributed by atoms with Crippen molar-refractivity contribution in [2.45, 2.75) is 31.8 Å². The summed E-state index contributed by atoms with van der Waals surface area (Å²) >= 11 is 0. The number of aromatic amines is 1. The number of halogens is 1. The molecule has 0 fully saturated rings. The SMILES string of the molecule is CCC(NC(=O)c1nc2ccccc2[nH]1)C(=O)NC(CC(=O)O)C(=O)CF. The van der Waals surface area contributed by atoms with Gasteiger partial charge < -0.3 is 20.7 Å². The summed E-state index contributed by atoms with van der Waals surface area (Å²) in [5.41, 5.74) is 1.23. The molecular weight excluding hydrogens is 359 g/mol. The summed E-state index contributed by atoms with van der Waals surface area (Å²) < 4.78 is 12.6. The smallest absolute Gasteiger partial charge is 0.305 e. The van der Waals surface area contributed by atoms with Crippen LogP contribution in [0.25, 0.3) is 11.0 Å². The van der Waals surface area contributed by atoms with E-state index in [0.29, 0.717) is 11.0 Å². The number of alkyl halides is 1. The van der Waals surface area contributed by atoms with Gasteiger partial charge >= 0.3 is 5.97 Å². The number of ketones is 1. The summed E-state index contributed by atoms with van der Waals surface area (Å²) in [5, 5.41) is 13.4. The molecule has 144 valence electrons. The summed E-state index contributed by atoms with van der Waals surface area (Å²) in [5.74, 6) is -3.83. The number of carboxylic acids is 1. The number of Topliss-reactive ketones (excluding diaryl/α,β-unsaturated/α-hetero) is 1. The third-order valence-electron chi connectivity index (χ3n) is 3.85.